The van der Waals surface area contributed by atoms with Gasteiger partial charge in [-0.3, -0.25) is 0 Å². The van der Waals surface area contributed by atoms with Gasteiger partial charge in [0.2, 0.25) is 0 Å². The molecule has 1 nitrogen and oxygen atoms in total. The molecule has 0 aliphatic carbocycles. The van der Waals surface area contributed by atoms with Crippen LogP contribution in [0.25, 0.3) is 0 Å². The smallest absolute Gasteiger partial charge is 0.0291 e. The van der Waals surface area contributed by atoms with E-state index in [0.717, 1.165) is 6.54 Å². The maximum Gasteiger partial charge on any atom is 0.0291 e. The third-order valence-electron chi connectivity index (χ3n) is 2.78. The number of hydrogen-bond acceptors (Lipinski definition) is 1. The molecule has 0 spiro atoms. The van der Waals surface area contributed by atoms with E-state index in [0.29, 0.717) is 6.04 Å². The summed E-state index contributed by atoms with van der Waals surface area (Å²) in [5.41, 5.74) is 1.38. The van der Waals surface area contributed by atoms with Gasteiger partial charge in [0, 0.05) is 6.04 Å². The topological polar surface area (TPSA) is 12.0 Å². The van der Waals surface area contributed by atoms with Crippen molar-refractivity contribution >= 4 is 0 Å². The lowest BCUT2D eigenvalue weighted by Crippen LogP contribution is -2.19. The highest BCUT2D eigenvalue weighted by Gasteiger charge is 2.01. The Kier molecular flexibility index (Phi) is 6.10. The van der Waals surface area contributed by atoms with Gasteiger partial charge in [0.1, 0.15) is 0 Å². The summed E-state index contributed by atoms with van der Waals surface area (Å²) in [6, 6.07) is 11.1. The Morgan fingerprint density at radius 3 is 2.47 bits per heavy atom. The zero-order valence-corrected chi connectivity index (χ0v) is 10.00. The lowest BCUT2D eigenvalue weighted by Gasteiger charge is -2.13. The molecule has 0 radical (unpaired) electrons. The van der Waals surface area contributed by atoms with Crippen LogP contribution in [0.15, 0.2) is 30.3 Å². The highest BCUT2D eigenvalue weighted by molar-refractivity contribution is 5.17. The van der Waals surface area contributed by atoms with Gasteiger partial charge in [0.25, 0.3) is 0 Å². The monoisotopic (exact) mass is 205 g/mol. The van der Waals surface area contributed by atoms with E-state index in [1.54, 1.807) is 0 Å². The predicted molar refractivity (Wildman–Crippen MR) is 67.0 cm³/mol. The Bertz CT molecular complexity index is 243. The Hall–Kier alpha value is -0.820. The van der Waals surface area contributed by atoms with Crippen LogP contribution in [0, 0.1) is 0 Å². The van der Waals surface area contributed by atoms with E-state index in [1.807, 2.05) is 0 Å². The molecule has 0 aliphatic rings. The molecule has 0 aromatic heterocycles. The fourth-order valence-corrected chi connectivity index (χ4v) is 1.73. The maximum atomic E-state index is 3.56. The molecular weight excluding hydrogens is 182 g/mol. The molecule has 0 bridgehead atoms. The van der Waals surface area contributed by atoms with Crippen LogP contribution in [0.2, 0.25) is 0 Å². The maximum absolute atomic E-state index is 3.56. The first-order valence-electron chi connectivity index (χ1n) is 6.13. The minimum atomic E-state index is 0.479. The van der Waals surface area contributed by atoms with Gasteiger partial charge < -0.3 is 5.32 Å². The fourth-order valence-electron chi connectivity index (χ4n) is 1.73. The van der Waals surface area contributed by atoms with E-state index in [-0.39, 0.29) is 0 Å². The van der Waals surface area contributed by atoms with Crippen LogP contribution in [0.3, 0.4) is 0 Å². The van der Waals surface area contributed by atoms with Crippen molar-refractivity contribution in [3.63, 3.8) is 0 Å². The van der Waals surface area contributed by atoms with Gasteiger partial charge in [-0.1, -0.05) is 56.5 Å². The molecule has 84 valence electrons. The Balaban J connectivity index is 2.16. The lowest BCUT2D eigenvalue weighted by molar-refractivity contribution is 0.536. The summed E-state index contributed by atoms with van der Waals surface area (Å²) in [5.74, 6) is 0. The minimum absolute atomic E-state index is 0.479. The first-order chi connectivity index (χ1) is 7.34. The Morgan fingerprint density at radius 1 is 1.07 bits per heavy atom. The molecule has 0 heterocycles. The van der Waals surface area contributed by atoms with E-state index in [4.69, 9.17) is 0 Å². The summed E-state index contributed by atoms with van der Waals surface area (Å²) in [4.78, 5) is 0. The van der Waals surface area contributed by atoms with Crippen molar-refractivity contribution in [2.24, 2.45) is 0 Å². The second-order valence-corrected chi connectivity index (χ2v) is 4.15. The summed E-state index contributed by atoms with van der Waals surface area (Å²) >= 11 is 0. The van der Waals surface area contributed by atoms with Crippen LogP contribution < -0.4 is 5.32 Å². The average Bonchev–Trinajstić information content (AvgIpc) is 2.30. The highest BCUT2D eigenvalue weighted by atomic mass is 14.9. The SMILES string of the molecule is CCCCCCN[C@H](C)c1ccccc1. The molecule has 0 fully saturated rings. The lowest BCUT2D eigenvalue weighted by atomic mass is 10.1. The van der Waals surface area contributed by atoms with E-state index in [1.165, 1.54) is 31.2 Å². The van der Waals surface area contributed by atoms with Crippen molar-refractivity contribution < 1.29 is 0 Å². The minimum Gasteiger partial charge on any atom is -0.310 e. The number of nitrogens with one attached hydrogen (secondary N) is 1. The van der Waals surface area contributed by atoms with Crippen LogP contribution in [0.5, 0.6) is 0 Å². The van der Waals surface area contributed by atoms with E-state index < -0.39 is 0 Å². The molecular formula is C14H23N. The zero-order valence-electron chi connectivity index (χ0n) is 10.00. The van der Waals surface area contributed by atoms with Crippen LogP contribution >= 0.6 is 0 Å². The van der Waals surface area contributed by atoms with E-state index in [9.17, 15) is 0 Å². The van der Waals surface area contributed by atoms with Gasteiger partial charge in [-0.2, -0.15) is 0 Å². The first kappa shape index (κ1) is 12.3. The van der Waals surface area contributed by atoms with Crippen molar-refractivity contribution in [3.05, 3.63) is 35.9 Å². The molecule has 1 aromatic rings. The van der Waals surface area contributed by atoms with Gasteiger partial charge in [0.05, 0.1) is 0 Å². The normalized spacial score (nSPS) is 12.7. The molecule has 0 unspecified atom stereocenters. The van der Waals surface area contributed by atoms with Gasteiger partial charge in [-0.15, -0.1) is 0 Å². The molecule has 1 aromatic carbocycles. The summed E-state index contributed by atoms with van der Waals surface area (Å²) in [6.07, 6.45) is 5.33. The summed E-state index contributed by atoms with van der Waals surface area (Å²) in [7, 11) is 0. The fraction of sp³-hybridized carbons (Fsp3) is 0.571. The van der Waals surface area contributed by atoms with E-state index >= 15 is 0 Å². The number of rotatable bonds is 7. The molecule has 1 atom stereocenters. The second-order valence-electron chi connectivity index (χ2n) is 4.15. The van der Waals surface area contributed by atoms with Crippen molar-refractivity contribution in [1.29, 1.82) is 0 Å². The average molecular weight is 205 g/mol. The summed E-state index contributed by atoms with van der Waals surface area (Å²) in [5, 5.41) is 3.56. The second kappa shape index (κ2) is 7.47. The molecule has 0 amide bonds. The van der Waals surface area contributed by atoms with Gasteiger partial charge in [0.15, 0.2) is 0 Å². The van der Waals surface area contributed by atoms with Crippen LogP contribution in [-0.4, -0.2) is 6.54 Å². The van der Waals surface area contributed by atoms with Crippen LogP contribution in [0.1, 0.15) is 51.1 Å². The van der Waals surface area contributed by atoms with Crippen molar-refractivity contribution in [3.8, 4) is 0 Å². The molecule has 0 saturated carbocycles. The molecule has 15 heavy (non-hydrogen) atoms. The predicted octanol–water partition coefficient (Wildman–Crippen LogP) is 3.92. The number of hydrogen-bond donors (Lipinski definition) is 1. The highest BCUT2D eigenvalue weighted by Crippen LogP contribution is 2.11. The van der Waals surface area contributed by atoms with Gasteiger partial charge >= 0.3 is 0 Å². The molecule has 1 rings (SSSR count). The number of benzene rings is 1. The first-order valence-corrected chi connectivity index (χ1v) is 6.13. The van der Waals surface area contributed by atoms with Crippen LogP contribution in [0.4, 0.5) is 0 Å². The van der Waals surface area contributed by atoms with Crippen molar-refractivity contribution in [1.82, 2.24) is 5.32 Å². The quantitative estimate of drug-likeness (QED) is 0.665. The molecule has 1 N–H and O–H groups in total. The third kappa shape index (κ3) is 4.98. The Labute approximate surface area is 93.9 Å². The van der Waals surface area contributed by atoms with Gasteiger partial charge in [-0.05, 0) is 25.5 Å². The standard InChI is InChI=1S/C14H23N/c1-3-4-5-9-12-15-13(2)14-10-7-6-8-11-14/h6-8,10-11,13,15H,3-5,9,12H2,1-2H3/t13-/m1/s1. The summed E-state index contributed by atoms with van der Waals surface area (Å²) < 4.78 is 0. The number of unbranched alkanes of at least 4 members (excludes halogenated alkanes) is 3. The van der Waals surface area contributed by atoms with Crippen molar-refractivity contribution in [2.75, 3.05) is 6.54 Å². The van der Waals surface area contributed by atoms with E-state index in [2.05, 4.69) is 49.5 Å². The Morgan fingerprint density at radius 2 is 1.80 bits per heavy atom. The van der Waals surface area contributed by atoms with Crippen LogP contribution in [-0.2, 0) is 0 Å². The molecule has 0 saturated heterocycles. The molecule has 0 aliphatic heterocycles. The molecule has 1 heteroatoms. The largest absolute Gasteiger partial charge is 0.310 e. The van der Waals surface area contributed by atoms with Crippen molar-refractivity contribution in [2.45, 2.75) is 45.6 Å². The zero-order chi connectivity index (χ0) is 10.9. The summed E-state index contributed by atoms with van der Waals surface area (Å²) in [6.45, 7) is 5.62. The van der Waals surface area contributed by atoms with Gasteiger partial charge in [-0.25, -0.2) is 0 Å². The third-order valence-corrected chi connectivity index (χ3v) is 2.78.